The highest BCUT2D eigenvalue weighted by Gasteiger charge is 2.22. The van der Waals surface area contributed by atoms with Crippen LogP contribution in [-0.2, 0) is 11.3 Å². The maximum Gasteiger partial charge on any atom is 0.222 e. The summed E-state index contributed by atoms with van der Waals surface area (Å²) >= 11 is 0. The Kier molecular flexibility index (Phi) is 5.35. The number of carbonyl (C=O) groups is 1. The number of nitrogens with one attached hydrogen (secondary N) is 1. The van der Waals surface area contributed by atoms with Crippen molar-refractivity contribution in [1.29, 1.82) is 0 Å². The Morgan fingerprint density at radius 3 is 2.66 bits per heavy atom. The minimum atomic E-state index is -0.0865. The maximum atomic E-state index is 13.2. The average molecular weight is 427 g/mol. The molecule has 0 radical (unpaired) electrons. The Morgan fingerprint density at radius 1 is 1.09 bits per heavy atom. The number of rotatable bonds is 5. The van der Waals surface area contributed by atoms with Gasteiger partial charge in [0.1, 0.15) is 11.5 Å². The van der Waals surface area contributed by atoms with Gasteiger partial charge in [-0.15, -0.1) is 0 Å². The van der Waals surface area contributed by atoms with Gasteiger partial charge in [0.05, 0.1) is 5.39 Å². The normalized spacial score (nSPS) is 16.0. The lowest BCUT2D eigenvalue weighted by Crippen LogP contribution is -2.25. The number of aromatic nitrogens is 2. The average Bonchev–Trinajstić information content (AvgIpc) is 3.20. The largest absolute Gasteiger partial charge is 0.341 e. The number of fused-ring (bicyclic) bond motifs is 1. The van der Waals surface area contributed by atoms with Gasteiger partial charge in [-0.05, 0) is 56.0 Å². The van der Waals surface area contributed by atoms with E-state index in [9.17, 15) is 9.59 Å². The highest BCUT2D eigenvalue weighted by atomic mass is 16.2. The molecule has 1 amide bonds. The number of para-hydroxylation sites is 1. The molecule has 2 aliphatic rings. The van der Waals surface area contributed by atoms with Crippen LogP contribution in [0.25, 0.3) is 16.7 Å². The Hall–Kier alpha value is -3.67. The van der Waals surface area contributed by atoms with Crippen LogP contribution in [0.15, 0.2) is 71.2 Å². The van der Waals surface area contributed by atoms with E-state index in [1.165, 1.54) is 0 Å². The van der Waals surface area contributed by atoms with E-state index in [1.54, 1.807) is 6.07 Å². The Bertz CT molecular complexity index is 1300. The summed E-state index contributed by atoms with van der Waals surface area (Å²) in [6.45, 7) is 3.20. The second-order valence-electron chi connectivity index (χ2n) is 8.35. The number of amides is 1. The molecule has 0 unspecified atom stereocenters. The highest BCUT2D eigenvalue weighted by molar-refractivity contribution is 5.82. The van der Waals surface area contributed by atoms with Crippen LogP contribution in [0.4, 0.5) is 5.82 Å². The van der Waals surface area contributed by atoms with E-state index >= 15 is 0 Å². The van der Waals surface area contributed by atoms with Crippen molar-refractivity contribution in [1.82, 2.24) is 14.5 Å². The fourth-order valence-electron chi connectivity index (χ4n) is 4.39. The van der Waals surface area contributed by atoms with Gasteiger partial charge in [-0.25, -0.2) is 4.98 Å². The second-order valence-corrected chi connectivity index (χ2v) is 8.35. The van der Waals surface area contributed by atoms with Crippen molar-refractivity contribution in [3.05, 3.63) is 87.9 Å². The van der Waals surface area contributed by atoms with E-state index in [-0.39, 0.29) is 11.3 Å². The molecule has 3 heterocycles. The van der Waals surface area contributed by atoms with Crippen LogP contribution in [-0.4, -0.2) is 26.9 Å². The third-order valence-corrected chi connectivity index (χ3v) is 6.10. The fourth-order valence-corrected chi connectivity index (χ4v) is 4.39. The third kappa shape index (κ3) is 3.84. The lowest BCUT2D eigenvalue weighted by atomic mass is 10.1. The molecule has 1 aliphatic heterocycles. The topological polar surface area (TPSA) is 67.2 Å². The lowest BCUT2D eigenvalue weighted by molar-refractivity contribution is -0.128. The molecule has 1 fully saturated rings. The van der Waals surface area contributed by atoms with Gasteiger partial charge >= 0.3 is 0 Å². The molecule has 0 spiro atoms. The quantitative estimate of drug-likeness (QED) is 0.654. The van der Waals surface area contributed by atoms with Gasteiger partial charge in [-0.3, -0.25) is 14.2 Å². The SMILES string of the molecule is Cc1nc2c(cc1CN1CCCC1=O)c(=O)cc(NC1=CCCC=C1)n2-c1ccccc1. The van der Waals surface area contributed by atoms with Crippen molar-refractivity contribution in [2.75, 3.05) is 11.9 Å². The number of hydrogen-bond acceptors (Lipinski definition) is 4. The summed E-state index contributed by atoms with van der Waals surface area (Å²) in [7, 11) is 0. The first kappa shape index (κ1) is 20.2. The zero-order valence-electron chi connectivity index (χ0n) is 18.2. The van der Waals surface area contributed by atoms with E-state index < -0.39 is 0 Å². The molecular weight excluding hydrogens is 400 g/mol. The summed E-state index contributed by atoms with van der Waals surface area (Å²) in [5, 5.41) is 3.98. The number of pyridine rings is 2. The van der Waals surface area contributed by atoms with Crippen molar-refractivity contribution in [2.24, 2.45) is 0 Å². The van der Waals surface area contributed by atoms with Gasteiger partial charge in [0.15, 0.2) is 5.43 Å². The van der Waals surface area contributed by atoms with Crippen LogP contribution < -0.4 is 10.7 Å². The molecule has 32 heavy (non-hydrogen) atoms. The van der Waals surface area contributed by atoms with E-state index in [0.717, 1.165) is 48.4 Å². The summed E-state index contributed by atoms with van der Waals surface area (Å²) in [6.07, 6.45) is 9.79. The number of allylic oxidation sites excluding steroid dienone is 3. The van der Waals surface area contributed by atoms with E-state index in [1.807, 2.05) is 58.9 Å². The van der Waals surface area contributed by atoms with E-state index in [2.05, 4.69) is 17.5 Å². The van der Waals surface area contributed by atoms with Gasteiger partial charge in [-0.2, -0.15) is 0 Å². The molecule has 0 atom stereocenters. The first-order valence-electron chi connectivity index (χ1n) is 11.1. The third-order valence-electron chi connectivity index (χ3n) is 6.10. The monoisotopic (exact) mass is 426 g/mol. The molecule has 2 aromatic heterocycles. The van der Waals surface area contributed by atoms with Crippen molar-refractivity contribution >= 4 is 22.8 Å². The molecule has 6 nitrogen and oxygen atoms in total. The summed E-state index contributed by atoms with van der Waals surface area (Å²) in [6, 6.07) is 13.5. The zero-order valence-corrected chi connectivity index (χ0v) is 18.2. The summed E-state index contributed by atoms with van der Waals surface area (Å²) in [5.74, 6) is 0.848. The van der Waals surface area contributed by atoms with Gasteiger partial charge < -0.3 is 10.2 Å². The molecular formula is C26H26N4O2. The van der Waals surface area contributed by atoms with Gasteiger partial charge in [0, 0.05) is 42.7 Å². The highest BCUT2D eigenvalue weighted by Crippen LogP contribution is 2.26. The van der Waals surface area contributed by atoms with Crippen LogP contribution >= 0.6 is 0 Å². The molecule has 0 bridgehead atoms. The molecule has 5 rings (SSSR count). The molecule has 3 aromatic rings. The Balaban J connectivity index is 1.67. The van der Waals surface area contributed by atoms with Crippen LogP contribution in [0.5, 0.6) is 0 Å². The number of carbonyl (C=O) groups excluding carboxylic acids is 1. The number of benzene rings is 1. The van der Waals surface area contributed by atoms with Gasteiger partial charge in [-0.1, -0.05) is 30.4 Å². The molecule has 162 valence electrons. The zero-order chi connectivity index (χ0) is 22.1. The van der Waals surface area contributed by atoms with E-state index in [0.29, 0.717) is 29.8 Å². The molecule has 1 saturated heterocycles. The molecule has 0 saturated carbocycles. The summed E-state index contributed by atoms with van der Waals surface area (Å²) < 4.78 is 2.00. The van der Waals surface area contributed by atoms with Gasteiger partial charge in [0.2, 0.25) is 5.91 Å². The first-order chi connectivity index (χ1) is 15.6. The van der Waals surface area contributed by atoms with Crippen LogP contribution in [0.3, 0.4) is 0 Å². The first-order valence-corrected chi connectivity index (χ1v) is 11.1. The van der Waals surface area contributed by atoms with Gasteiger partial charge in [0.25, 0.3) is 0 Å². The minimum Gasteiger partial charge on any atom is -0.341 e. The van der Waals surface area contributed by atoms with Crippen molar-refractivity contribution in [2.45, 2.75) is 39.2 Å². The predicted octanol–water partition coefficient (Wildman–Crippen LogP) is 4.46. The molecule has 1 aliphatic carbocycles. The summed E-state index contributed by atoms with van der Waals surface area (Å²) in [5.41, 5.74) is 4.17. The second kappa shape index (κ2) is 8.46. The predicted molar refractivity (Wildman–Crippen MR) is 127 cm³/mol. The number of likely N-dealkylation sites (tertiary alicyclic amines) is 1. The Labute approximate surface area is 186 Å². The van der Waals surface area contributed by atoms with E-state index in [4.69, 9.17) is 4.98 Å². The Morgan fingerprint density at radius 2 is 1.94 bits per heavy atom. The number of anilines is 1. The number of nitrogens with zero attached hydrogens (tertiary/aromatic N) is 3. The maximum absolute atomic E-state index is 13.2. The van der Waals surface area contributed by atoms with Crippen LogP contribution in [0.1, 0.15) is 36.9 Å². The fraction of sp³-hybridized carbons (Fsp3) is 0.269. The van der Waals surface area contributed by atoms with Crippen LogP contribution in [0, 0.1) is 6.92 Å². The van der Waals surface area contributed by atoms with Crippen LogP contribution in [0.2, 0.25) is 0 Å². The minimum absolute atomic E-state index is 0.0865. The number of hydrogen-bond donors (Lipinski definition) is 1. The van der Waals surface area contributed by atoms with Crippen molar-refractivity contribution in [3.63, 3.8) is 0 Å². The number of aryl methyl sites for hydroxylation is 1. The molecule has 1 N–H and O–H groups in total. The summed E-state index contributed by atoms with van der Waals surface area (Å²) in [4.78, 5) is 32.0. The smallest absolute Gasteiger partial charge is 0.222 e. The lowest BCUT2D eigenvalue weighted by Gasteiger charge is -2.21. The standard InChI is InChI=1S/C26H26N4O2/c1-18-19(17-29-14-8-13-25(29)32)15-22-23(31)16-24(28-20-9-4-2-5-10-20)30(26(22)27-18)21-11-6-3-7-12-21/h3-4,6-7,9-12,15-16,28H,2,5,8,13-14,17H2,1H3. The van der Waals surface area contributed by atoms with Crippen molar-refractivity contribution < 1.29 is 4.79 Å². The molecule has 6 heteroatoms. The molecule has 1 aromatic carbocycles. The van der Waals surface area contributed by atoms with Crippen molar-refractivity contribution in [3.8, 4) is 5.69 Å².